The molecule has 1 aromatic rings. The molecule has 9 nitrogen and oxygen atoms in total. The van der Waals surface area contributed by atoms with Crippen LogP contribution in [0.4, 0.5) is 4.79 Å². The maximum Gasteiger partial charge on any atom is 0.415 e. The van der Waals surface area contributed by atoms with Crippen LogP contribution >= 0.6 is 11.8 Å². The first kappa shape index (κ1) is 26.3. The molecule has 188 valence electrons. The number of nitrogens with one attached hydrogen (secondary N) is 3. The fraction of sp³-hybridized carbons (Fsp3) is 0.625. The van der Waals surface area contributed by atoms with E-state index in [0.29, 0.717) is 24.7 Å². The number of hydrogen-bond acceptors (Lipinski definition) is 8. The molecule has 1 aromatic carbocycles. The van der Waals surface area contributed by atoms with Gasteiger partial charge in [-0.1, -0.05) is 12.1 Å². The Bertz CT molecular complexity index is 878. The maximum atomic E-state index is 13.0. The van der Waals surface area contributed by atoms with Gasteiger partial charge in [-0.2, -0.15) is 0 Å². The van der Waals surface area contributed by atoms with E-state index < -0.39 is 23.7 Å². The fourth-order valence-electron chi connectivity index (χ4n) is 3.81. The van der Waals surface area contributed by atoms with E-state index in [1.165, 1.54) is 0 Å². The highest BCUT2D eigenvalue weighted by Gasteiger charge is 2.41. The maximum absolute atomic E-state index is 13.0. The predicted molar refractivity (Wildman–Crippen MR) is 132 cm³/mol. The summed E-state index contributed by atoms with van der Waals surface area (Å²) in [6.45, 7) is 12.1. The molecule has 10 heteroatoms. The SMILES string of the molecule is CC(C)(C)OC(=O)[C@H](Cc1ccc(OC(=O)N2CCNCC2)cc1)NC(=O)[C@H]1NCSC1(C)C. The molecule has 2 aliphatic heterocycles. The van der Waals surface area contributed by atoms with Gasteiger partial charge >= 0.3 is 12.1 Å². The number of hydrogen-bond donors (Lipinski definition) is 3. The first-order chi connectivity index (χ1) is 15.9. The minimum Gasteiger partial charge on any atom is -0.458 e. The van der Waals surface area contributed by atoms with Crippen molar-refractivity contribution in [3.05, 3.63) is 29.8 Å². The van der Waals surface area contributed by atoms with Crippen LogP contribution in [0, 0.1) is 0 Å². The van der Waals surface area contributed by atoms with Gasteiger partial charge in [-0.15, -0.1) is 11.8 Å². The van der Waals surface area contributed by atoms with Gasteiger partial charge in [0.25, 0.3) is 0 Å². The average Bonchev–Trinajstić information content (AvgIpc) is 3.13. The number of rotatable bonds is 6. The zero-order valence-corrected chi connectivity index (χ0v) is 21.4. The van der Waals surface area contributed by atoms with E-state index in [4.69, 9.17) is 9.47 Å². The second-order valence-corrected chi connectivity index (χ2v) is 11.7. The molecule has 0 aliphatic carbocycles. The standard InChI is InChI=1S/C24H36N4O5S/c1-23(2,3)33-21(30)18(27-20(29)19-24(4,5)34-15-26-19)14-16-6-8-17(9-7-16)32-22(31)28-12-10-25-11-13-28/h6-9,18-19,25-26H,10-15H2,1-5H3,(H,27,29)/t18-,19+/m0/s1. The highest BCUT2D eigenvalue weighted by molar-refractivity contribution is 8.00. The molecule has 0 aromatic heterocycles. The highest BCUT2D eigenvalue weighted by Crippen LogP contribution is 2.33. The summed E-state index contributed by atoms with van der Waals surface area (Å²) in [5.74, 6) is 0.390. The Morgan fingerprint density at radius 3 is 2.38 bits per heavy atom. The zero-order valence-electron chi connectivity index (χ0n) is 20.6. The number of piperazine rings is 1. The minimum absolute atomic E-state index is 0.229. The Morgan fingerprint density at radius 1 is 1.18 bits per heavy atom. The quantitative estimate of drug-likeness (QED) is 0.517. The summed E-state index contributed by atoms with van der Waals surface area (Å²) in [7, 11) is 0. The van der Waals surface area contributed by atoms with Gasteiger partial charge in [0, 0.05) is 43.2 Å². The molecule has 0 spiro atoms. The molecular weight excluding hydrogens is 456 g/mol. The van der Waals surface area contributed by atoms with E-state index in [0.717, 1.165) is 18.7 Å². The molecule has 2 atom stereocenters. The summed E-state index contributed by atoms with van der Waals surface area (Å²) in [5.41, 5.74) is 0.133. The average molecular weight is 493 g/mol. The number of benzene rings is 1. The van der Waals surface area contributed by atoms with E-state index in [9.17, 15) is 14.4 Å². The van der Waals surface area contributed by atoms with Gasteiger partial charge in [0.1, 0.15) is 23.4 Å². The van der Waals surface area contributed by atoms with Gasteiger partial charge in [-0.05, 0) is 52.3 Å². The Labute approximate surface area is 205 Å². The van der Waals surface area contributed by atoms with Crippen molar-refractivity contribution in [1.82, 2.24) is 20.9 Å². The highest BCUT2D eigenvalue weighted by atomic mass is 32.2. The van der Waals surface area contributed by atoms with E-state index in [2.05, 4.69) is 16.0 Å². The third-order valence-electron chi connectivity index (χ3n) is 5.64. The lowest BCUT2D eigenvalue weighted by Gasteiger charge is -2.28. The van der Waals surface area contributed by atoms with Crippen molar-refractivity contribution in [2.45, 2.75) is 63.5 Å². The molecule has 2 fully saturated rings. The van der Waals surface area contributed by atoms with E-state index in [1.54, 1.807) is 61.7 Å². The van der Waals surface area contributed by atoms with Gasteiger partial charge in [0.15, 0.2) is 0 Å². The molecule has 2 aliphatic rings. The fourth-order valence-corrected chi connectivity index (χ4v) is 4.79. The lowest BCUT2D eigenvalue weighted by Crippen LogP contribution is -2.55. The molecule has 0 bridgehead atoms. The van der Waals surface area contributed by atoms with E-state index >= 15 is 0 Å². The first-order valence-corrected chi connectivity index (χ1v) is 12.6. The second-order valence-electron chi connectivity index (χ2n) is 10.1. The molecular formula is C24H36N4O5S. The van der Waals surface area contributed by atoms with Crippen molar-refractivity contribution in [3.8, 4) is 5.75 Å². The number of carbonyl (C=O) groups is 3. The lowest BCUT2D eigenvalue weighted by molar-refractivity contribution is -0.158. The number of amides is 2. The van der Waals surface area contributed by atoms with Crippen LogP contribution in [0.5, 0.6) is 5.75 Å². The summed E-state index contributed by atoms with van der Waals surface area (Å²) >= 11 is 1.67. The molecule has 0 unspecified atom stereocenters. The predicted octanol–water partition coefficient (Wildman–Crippen LogP) is 1.90. The van der Waals surface area contributed by atoms with Crippen molar-refractivity contribution in [2.75, 3.05) is 32.1 Å². The Hall–Kier alpha value is -2.30. The van der Waals surface area contributed by atoms with Gasteiger partial charge < -0.3 is 25.0 Å². The number of thioether (sulfide) groups is 1. The van der Waals surface area contributed by atoms with Crippen molar-refractivity contribution in [3.63, 3.8) is 0 Å². The Balaban J connectivity index is 1.66. The Kier molecular flexibility index (Phi) is 8.48. The first-order valence-electron chi connectivity index (χ1n) is 11.6. The number of nitrogens with zero attached hydrogens (tertiary/aromatic N) is 1. The summed E-state index contributed by atoms with van der Waals surface area (Å²) in [6, 6.07) is 5.72. The third kappa shape index (κ3) is 7.35. The molecule has 3 N–H and O–H groups in total. The van der Waals surface area contributed by atoms with E-state index in [-0.39, 0.29) is 23.2 Å². The summed E-state index contributed by atoms with van der Waals surface area (Å²) < 4.78 is 10.8. The van der Waals surface area contributed by atoms with Crippen molar-refractivity contribution in [1.29, 1.82) is 0 Å². The monoisotopic (exact) mass is 492 g/mol. The minimum atomic E-state index is -0.843. The summed E-state index contributed by atoms with van der Waals surface area (Å²) in [4.78, 5) is 39.9. The van der Waals surface area contributed by atoms with Crippen molar-refractivity contribution >= 4 is 29.7 Å². The van der Waals surface area contributed by atoms with Crippen LogP contribution in [0.15, 0.2) is 24.3 Å². The third-order valence-corrected chi connectivity index (χ3v) is 6.93. The smallest absolute Gasteiger partial charge is 0.415 e. The van der Waals surface area contributed by atoms with Gasteiger partial charge in [-0.3, -0.25) is 10.1 Å². The Morgan fingerprint density at radius 2 is 1.82 bits per heavy atom. The normalized spacial score (nSPS) is 21.0. The molecule has 2 saturated heterocycles. The second kappa shape index (κ2) is 11.0. The number of ether oxygens (including phenoxy) is 2. The van der Waals surface area contributed by atoms with Crippen LogP contribution in [0.1, 0.15) is 40.2 Å². The molecule has 3 rings (SSSR count). The molecule has 2 heterocycles. The number of carbonyl (C=O) groups excluding carboxylic acids is 3. The van der Waals surface area contributed by atoms with Crippen LogP contribution < -0.4 is 20.7 Å². The van der Waals surface area contributed by atoms with Crippen LogP contribution in [-0.4, -0.2) is 77.4 Å². The lowest BCUT2D eigenvalue weighted by atomic mass is 10.0. The zero-order chi connectivity index (χ0) is 24.9. The molecule has 34 heavy (non-hydrogen) atoms. The van der Waals surface area contributed by atoms with Gasteiger partial charge in [0.2, 0.25) is 5.91 Å². The molecule has 2 amide bonds. The van der Waals surface area contributed by atoms with Crippen LogP contribution in [0.3, 0.4) is 0 Å². The number of esters is 1. The largest absolute Gasteiger partial charge is 0.458 e. The van der Waals surface area contributed by atoms with Crippen LogP contribution in [0.25, 0.3) is 0 Å². The van der Waals surface area contributed by atoms with Gasteiger partial charge in [0.05, 0.1) is 0 Å². The van der Waals surface area contributed by atoms with Crippen molar-refractivity contribution < 1.29 is 23.9 Å². The summed E-state index contributed by atoms with van der Waals surface area (Å²) in [5, 5.41) is 9.28. The molecule has 0 radical (unpaired) electrons. The van der Waals surface area contributed by atoms with Crippen molar-refractivity contribution in [2.24, 2.45) is 0 Å². The van der Waals surface area contributed by atoms with Crippen LogP contribution in [-0.2, 0) is 20.7 Å². The van der Waals surface area contributed by atoms with E-state index in [1.807, 2.05) is 13.8 Å². The van der Waals surface area contributed by atoms with Crippen LogP contribution in [0.2, 0.25) is 0 Å². The molecule has 0 saturated carbocycles. The van der Waals surface area contributed by atoms with Gasteiger partial charge in [-0.25, -0.2) is 9.59 Å². The topological polar surface area (TPSA) is 109 Å². The summed E-state index contributed by atoms with van der Waals surface area (Å²) in [6.07, 6.45) is -0.120.